The van der Waals surface area contributed by atoms with Crippen molar-refractivity contribution in [3.05, 3.63) is 36.0 Å². The molecule has 0 unspecified atom stereocenters. The Hall–Kier alpha value is -1.77. The minimum absolute atomic E-state index is 0.670. The minimum atomic E-state index is 0.670. The zero-order chi connectivity index (χ0) is 10.7. The molecule has 0 bridgehead atoms. The molecule has 0 aliphatic rings. The molecule has 0 saturated heterocycles. The van der Waals surface area contributed by atoms with Crippen LogP contribution in [-0.4, -0.2) is 17.5 Å². The van der Waals surface area contributed by atoms with E-state index in [1.807, 2.05) is 12.1 Å². The van der Waals surface area contributed by atoms with Crippen molar-refractivity contribution in [1.82, 2.24) is 9.88 Å². The molecule has 1 amide bonds. The zero-order valence-electron chi connectivity index (χ0n) is 8.73. The third-order valence-corrected chi connectivity index (χ3v) is 2.58. The van der Waals surface area contributed by atoms with Crippen LogP contribution in [0.2, 0.25) is 0 Å². The first-order valence-corrected chi connectivity index (χ1v) is 5.05. The van der Waals surface area contributed by atoms with Crippen molar-refractivity contribution in [2.45, 2.75) is 13.5 Å². The van der Waals surface area contributed by atoms with E-state index < -0.39 is 0 Å². The normalized spacial score (nSPS) is 10.5. The van der Waals surface area contributed by atoms with Gasteiger partial charge in [-0.3, -0.25) is 4.79 Å². The Labute approximate surface area is 88.7 Å². The predicted octanol–water partition coefficient (Wildman–Crippen LogP) is 1.70. The first-order valence-electron chi connectivity index (χ1n) is 5.05. The minimum Gasteiger partial charge on any atom is -0.357 e. The summed E-state index contributed by atoms with van der Waals surface area (Å²) in [6.07, 6.45) is 0.737. The molecule has 2 rings (SSSR count). The smallest absolute Gasteiger partial charge is 0.207 e. The van der Waals surface area contributed by atoms with Crippen LogP contribution in [0.3, 0.4) is 0 Å². The summed E-state index contributed by atoms with van der Waals surface area (Å²) >= 11 is 0. The van der Waals surface area contributed by atoms with Crippen molar-refractivity contribution < 1.29 is 4.79 Å². The van der Waals surface area contributed by atoms with Crippen molar-refractivity contribution in [1.29, 1.82) is 0 Å². The number of aromatic nitrogens is 1. The SMILES string of the molecule is Cc1cc2ccccc2n1CCNC=O. The predicted molar refractivity (Wildman–Crippen MR) is 60.7 cm³/mol. The lowest BCUT2D eigenvalue weighted by Crippen LogP contribution is -2.18. The quantitative estimate of drug-likeness (QED) is 0.594. The van der Waals surface area contributed by atoms with Crippen molar-refractivity contribution in [3.63, 3.8) is 0 Å². The molecule has 0 aliphatic carbocycles. The molecule has 1 N–H and O–H groups in total. The van der Waals surface area contributed by atoms with E-state index in [4.69, 9.17) is 0 Å². The summed E-state index contributed by atoms with van der Waals surface area (Å²) < 4.78 is 2.21. The molecule has 0 fully saturated rings. The van der Waals surface area contributed by atoms with Crippen LogP contribution >= 0.6 is 0 Å². The molecule has 0 aliphatic heterocycles. The summed E-state index contributed by atoms with van der Waals surface area (Å²) in [5.41, 5.74) is 2.45. The number of nitrogens with one attached hydrogen (secondary N) is 1. The van der Waals surface area contributed by atoms with Crippen LogP contribution in [0.25, 0.3) is 10.9 Å². The molecule has 0 spiro atoms. The number of fused-ring (bicyclic) bond motifs is 1. The Morgan fingerprint density at radius 1 is 1.40 bits per heavy atom. The van der Waals surface area contributed by atoms with E-state index in [2.05, 4.69) is 35.0 Å². The highest BCUT2D eigenvalue weighted by molar-refractivity contribution is 5.81. The fraction of sp³-hybridized carbons (Fsp3) is 0.250. The van der Waals surface area contributed by atoms with Gasteiger partial charge in [-0.15, -0.1) is 0 Å². The Morgan fingerprint density at radius 2 is 2.20 bits per heavy atom. The van der Waals surface area contributed by atoms with Crippen molar-refractivity contribution in [2.24, 2.45) is 0 Å². The molecule has 15 heavy (non-hydrogen) atoms. The molecule has 78 valence electrons. The average molecular weight is 202 g/mol. The number of hydrogen-bond acceptors (Lipinski definition) is 1. The van der Waals surface area contributed by atoms with Crippen LogP contribution in [-0.2, 0) is 11.3 Å². The van der Waals surface area contributed by atoms with Gasteiger partial charge in [-0.05, 0) is 24.4 Å². The lowest BCUT2D eigenvalue weighted by molar-refractivity contribution is -0.109. The summed E-state index contributed by atoms with van der Waals surface area (Å²) in [6, 6.07) is 10.4. The highest BCUT2D eigenvalue weighted by atomic mass is 16.1. The molecule has 3 heteroatoms. The number of carbonyl (C=O) groups is 1. The molecular weight excluding hydrogens is 188 g/mol. The van der Waals surface area contributed by atoms with E-state index in [0.29, 0.717) is 6.54 Å². The van der Waals surface area contributed by atoms with Crippen molar-refractivity contribution in [2.75, 3.05) is 6.54 Å². The van der Waals surface area contributed by atoms with E-state index in [0.717, 1.165) is 13.0 Å². The molecule has 1 aromatic heterocycles. The number of para-hydroxylation sites is 1. The summed E-state index contributed by atoms with van der Waals surface area (Å²) in [7, 11) is 0. The van der Waals surface area contributed by atoms with Crippen molar-refractivity contribution >= 4 is 17.3 Å². The van der Waals surface area contributed by atoms with Gasteiger partial charge in [-0.25, -0.2) is 0 Å². The van der Waals surface area contributed by atoms with Crippen LogP contribution in [0.4, 0.5) is 0 Å². The molecule has 0 saturated carbocycles. The van der Waals surface area contributed by atoms with Crippen molar-refractivity contribution in [3.8, 4) is 0 Å². The highest BCUT2D eigenvalue weighted by Gasteiger charge is 2.03. The summed E-state index contributed by atoms with van der Waals surface area (Å²) in [5, 5.41) is 3.93. The van der Waals surface area contributed by atoms with Gasteiger partial charge in [0, 0.05) is 24.3 Å². The van der Waals surface area contributed by atoms with Gasteiger partial charge < -0.3 is 9.88 Å². The van der Waals surface area contributed by atoms with Crippen LogP contribution in [0.5, 0.6) is 0 Å². The van der Waals surface area contributed by atoms with Gasteiger partial charge in [-0.2, -0.15) is 0 Å². The Morgan fingerprint density at radius 3 is 3.00 bits per heavy atom. The standard InChI is InChI=1S/C12H14N2O/c1-10-8-11-4-2-3-5-12(11)14(10)7-6-13-9-15/h2-5,8-9H,6-7H2,1H3,(H,13,15). The van der Waals surface area contributed by atoms with Crippen LogP contribution in [0.15, 0.2) is 30.3 Å². The van der Waals surface area contributed by atoms with E-state index in [-0.39, 0.29) is 0 Å². The van der Waals surface area contributed by atoms with Crippen LogP contribution in [0, 0.1) is 6.92 Å². The first-order chi connectivity index (χ1) is 7.33. The third kappa shape index (κ3) is 1.86. The van der Waals surface area contributed by atoms with E-state index in [9.17, 15) is 4.79 Å². The number of carbonyl (C=O) groups excluding carboxylic acids is 1. The Kier molecular flexibility index (Phi) is 2.72. The Bertz CT molecular complexity index is 473. The van der Waals surface area contributed by atoms with E-state index in [1.165, 1.54) is 16.6 Å². The van der Waals surface area contributed by atoms with E-state index >= 15 is 0 Å². The monoisotopic (exact) mass is 202 g/mol. The molecule has 0 atom stereocenters. The fourth-order valence-corrected chi connectivity index (χ4v) is 1.88. The summed E-state index contributed by atoms with van der Waals surface area (Å²) in [6.45, 7) is 3.57. The van der Waals surface area contributed by atoms with Gasteiger partial charge in [-0.1, -0.05) is 18.2 Å². The van der Waals surface area contributed by atoms with Gasteiger partial charge in [0.2, 0.25) is 6.41 Å². The largest absolute Gasteiger partial charge is 0.357 e. The third-order valence-electron chi connectivity index (χ3n) is 2.58. The second-order valence-electron chi connectivity index (χ2n) is 3.57. The number of rotatable bonds is 4. The number of hydrogen-bond donors (Lipinski definition) is 1. The molecule has 2 aromatic rings. The lowest BCUT2D eigenvalue weighted by Gasteiger charge is -2.07. The zero-order valence-corrected chi connectivity index (χ0v) is 8.73. The summed E-state index contributed by atoms with van der Waals surface area (Å²) in [4.78, 5) is 10.2. The number of nitrogens with zero attached hydrogens (tertiary/aromatic N) is 1. The number of aryl methyl sites for hydroxylation is 1. The first kappa shape index (κ1) is 9.77. The maximum absolute atomic E-state index is 10.2. The maximum atomic E-state index is 10.2. The van der Waals surface area contributed by atoms with Gasteiger partial charge in [0.15, 0.2) is 0 Å². The number of benzene rings is 1. The average Bonchev–Trinajstić information content (AvgIpc) is 2.56. The van der Waals surface area contributed by atoms with Gasteiger partial charge in [0.05, 0.1) is 0 Å². The van der Waals surface area contributed by atoms with Crippen LogP contribution < -0.4 is 5.32 Å². The van der Waals surface area contributed by atoms with Gasteiger partial charge in [0.25, 0.3) is 0 Å². The molecule has 0 radical (unpaired) electrons. The molecule has 1 heterocycles. The second kappa shape index (κ2) is 4.17. The topological polar surface area (TPSA) is 34.0 Å². The van der Waals surface area contributed by atoms with Gasteiger partial charge in [0.1, 0.15) is 0 Å². The molecular formula is C12H14N2O. The molecule has 3 nitrogen and oxygen atoms in total. The van der Waals surface area contributed by atoms with Gasteiger partial charge >= 0.3 is 0 Å². The lowest BCUT2D eigenvalue weighted by atomic mass is 10.2. The second-order valence-corrected chi connectivity index (χ2v) is 3.57. The Balaban J connectivity index is 2.32. The van der Waals surface area contributed by atoms with E-state index in [1.54, 1.807) is 0 Å². The number of amides is 1. The fourth-order valence-electron chi connectivity index (χ4n) is 1.88. The molecule has 1 aromatic carbocycles. The maximum Gasteiger partial charge on any atom is 0.207 e. The highest BCUT2D eigenvalue weighted by Crippen LogP contribution is 2.18. The van der Waals surface area contributed by atoms with Crippen LogP contribution in [0.1, 0.15) is 5.69 Å². The summed E-state index contributed by atoms with van der Waals surface area (Å²) in [5.74, 6) is 0.